The van der Waals surface area contributed by atoms with Crippen molar-refractivity contribution in [2.24, 2.45) is 5.41 Å². The van der Waals surface area contributed by atoms with Gasteiger partial charge in [-0.3, -0.25) is 14.7 Å². The SMILES string of the molecule is CC(NC(=O)[C@@H]1CC2(CC2)CN1C(=O)O)c1cc2cnccc2n1S(=O)(=O)c1ccccc1. The average Bonchev–Trinajstić information content (AvgIpc) is 3.26. The van der Waals surface area contributed by atoms with E-state index in [1.54, 1.807) is 43.5 Å². The number of aromatic nitrogens is 2. The second-order valence-electron chi connectivity index (χ2n) is 8.95. The molecule has 2 amide bonds. The lowest BCUT2D eigenvalue weighted by Crippen LogP contribution is -2.46. The Morgan fingerprint density at radius 3 is 2.61 bits per heavy atom. The molecule has 0 bridgehead atoms. The van der Waals surface area contributed by atoms with E-state index in [0.717, 1.165) is 12.8 Å². The number of benzene rings is 1. The van der Waals surface area contributed by atoms with Crippen molar-refractivity contribution < 1.29 is 23.1 Å². The number of nitrogens with one attached hydrogen (secondary N) is 1. The van der Waals surface area contributed by atoms with E-state index in [9.17, 15) is 23.1 Å². The number of fused-ring (bicyclic) bond motifs is 1. The maximum Gasteiger partial charge on any atom is 0.407 e. The molecule has 1 saturated heterocycles. The van der Waals surface area contributed by atoms with Gasteiger partial charge in [0.25, 0.3) is 10.0 Å². The second kappa shape index (κ2) is 7.58. The zero-order valence-electron chi connectivity index (χ0n) is 18.0. The van der Waals surface area contributed by atoms with Gasteiger partial charge in [-0.1, -0.05) is 18.2 Å². The van der Waals surface area contributed by atoms with Crippen LogP contribution >= 0.6 is 0 Å². The van der Waals surface area contributed by atoms with Gasteiger partial charge >= 0.3 is 6.09 Å². The Labute approximate surface area is 191 Å². The van der Waals surface area contributed by atoms with E-state index in [4.69, 9.17) is 0 Å². The molecule has 2 aliphatic rings. The van der Waals surface area contributed by atoms with Gasteiger partial charge in [0.1, 0.15) is 6.04 Å². The van der Waals surface area contributed by atoms with E-state index in [2.05, 4.69) is 10.3 Å². The summed E-state index contributed by atoms with van der Waals surface area (Å²) in [4.78, 5) is 30.2. The van der Waals surface area contributed by atoms with Gasteiger partial charge in [0, 0.05) is 24.3 Å². The quantitative estimate of drug-likeness (QED) is 0.594. The number of carboxylic acid groups (broad SMARTS) is 1. The van der Waals surface area contributed by atoms with Crippen LogP contribution in [0, 0.1) is 5.41 Å². The molecule has 2 fully saturated rings. The Kier molecular flexibility index (Phi) is 4.93. The standard InChI is InChI=1S/C23H24N4O5S/c1-15(25-21(28)20-12-23(8-9-23)14-26(20)22(29)30)19-11-16-13-24-10-7-18(16)27(19)33(31,32)17-5-3-2-4-6-17/h2-7,10-11,13,15,20H,8-9,12,14H2,1H3,(H,25,28)(H,29,30)/t15?,20-/m0/s1. The molecule has 0 radical (unpaired) electrons. The van der Waals surface area contributed by atoms with E-state index >= 15 is 0 Å². The molecule has 1 spiro atoms. The van der Waals surface area contributed by atoms with Gasteiger partial charge < -0.3 is 10.4 Å². The van der Waals surface area contributed by atoms with E-state index in [1.807, 2.05) is 0 Å². The largest absolute Gasteiger partial charge is 0.465 e. The fourth-order valence-electron chi connectivity index (χ4n) is 4.73. The van der Waals surface area contributed by atoms with E-state index in [-0.39, 0.29) is 10.3 Å². The van der Waals surface area contributed by atoms with Crippen molar-refractivity contribution in [2.75, 3.05) is 6.54 Å². The van der Waals surface area contributed by atoms with Crippen LogP contribution in [0.1, 0.15) is 37.9 Å². The molecule has 172 valence electrons. The molecule has 1 saturated carbocycles. The number of pyridine rings is 1. The van der Waals surface area contributed by atoms with Gasteiger partial charge in [0.2, 0.25) is 5.91 Å². The molecule has 2 aromatic heterocycles. The van der Waals surface area contributed by atoms with Gasteiger partial charge in [0.15, 0.2) is 0 Å². The third kappa shape index (κ3) is 3.64. The fraction of sp³-hybridized carbons (Fsp3) is 0.348. The van der Waals surface area contributed by atoms with Gasteiger partial charge in [-0.25, -0.2) is 17.2 Å². The molecule has 2 N–H and O–H groups in total. The van der Waals surface area contributed by atoms with E-state index < -0.39 is 34.1 Å². The highest BCUT2D eigenvalue weighted by Gasteiger charge is 2.55. The topological polar surface area (TPSA) is 122 Å². The van der Waals surface area contributed by atoms with Gasteiger partial charge in [-0.15, -0.1) is 0 Å². The first kappa shape index (κ1) is 21.4. The van der Waals surface area contributed by atoms with Crippen molar-refractivity contribution >= 4 is 32.9 Å². The van der Waals surface area contributed by atoms with Crippen LogP contribution in [0.15, 0.2) is 59.8 Å². The van der Waals surface area contributed by atoms with Gasteiger partial charge in [-0.2, -0.15) is 0 Å². The molecule has 3 heterocycles. The maximum atomic E-state index is 13.6. The minimum atomic E-state index is -3.95. The summed E-state index contributed by atoms with van der Waals surface area (Å²) in [5.74, 6) is -0.416. The highest BCUT2D eigenvalue weighted by Crippen LogP contribution is 2.54. The monoisotopic (exact) mass is 468 g/mol. The number of rotatable bonds is 5. The number of carbonyl (C=O) groups excluding carboxylic acids is 1. The predicted molar refractivity (Wildman–Crippen MR) is 120 cm³/mol. The van der Waals surface area contributed by atoms with Crippen LogP contribution in [-0.4, -0.2) is 52.0 Å². The molecule has 5 rings (SSSR count). The zero-order chi connectivity index (χ0) is 23.4. The van der Waals surface area contributed by atoms with Gasteiger partial charge in [0.05, 0.1) is 22.1 Å². The van der Waals surface area contributed by atoms with Crippen LogP contribution in [0.5, 0.6) is 0 Å². The Hall–Kier alpha value is -3.40. The third-order valence-electron chi connectivity index (χ3n) is 6.68. The smallest absolute Gasteiger partial charge is 0.407 e. The first-order chi connectivity index (χ1) is 15.7. The van der Waals surface area contributed by atoms with Crippen LogP contribution < -0.4 is 5.32 Å². The predicted octanol–water partition coefficient (Wildman–Crippen LogP) is 2.98. The fourth-order valence-corrected chi connectivity index (χ4v) is 6.36. The van der Waals surface area contributed by atoms with Crippen molar-refractivity contribution in [3.05, 3.63) is 60.6 Å². The Morgan fingerprint density at radius 1 is 1.21 bits per heavy atom. The molecule has 9 nitrogen and oxygen atoms in total. The molecule has 1 aliphatic heterocycles. The lowest BCUT2D eigenvalue weighted by Gasteiger charge is -2.24. The Bertz CT molecular complexity index is 1350. The van der Waals surface area contributed by atoms with Crippen LogP contribution in [0.3, 0.4) is 0 Å². The second-order valence-corrected chi connectivity index (χ2v) is 10.7. The van der Waals surface area contributed by atoms with Crippen molar-refractivity contribution in [1.29, 1.82) is 0 Å². The van der Waals surface area contributed by atoms with Crippen LogP contribution in [-0.2, 0) is 14.8 Å². The molecular weight excluding hydrogens is 444 g/mol. The summed E-state index contributed by atoms with van der Waals surface area (Å²) in [5, 5.41) is 13.1. The summed E-state index contributed by atoms with van der Waals surface area (Å²) in [6.45, 7) is 2.06. The lowest BCUT2D eigenvalue weighted by atomic mass is 10.0. The van der Waals surface area contributed by atoms with E-state index in [0.29, 0.717) is 29.6 Å². The maximum absolute atomic E-state index is 13.6. The summed E-state index contributed by atoms with van der Waals surface area (Å²) in [5.41, 5.74) is 0.743. The molecule has 2 atom stereocenters. The van der Waals surface area contributed by atoms with Crippen molar-refractivity contribution in [1.82, 2.24) is 19.2 Å². The summed E-state index contributed by atoms with van der Waals surface area (Å²) in [7, 11) is -3.95. The number of nitrogens with zero attached hydrogens (tertiary/aromatic N) is 3. The Morgan fingerprint density at radius 2 is 1.94 bits per heavy atom. The molecule has 1 unspecified atom stereocenters. The summed E-state index contributed by atoms with van der Waals surface area (Å²) in [6, 6.07) is 9.93. The Balaban J connectivity index is 1.51. The third-order valence-corrected chi connectivity index (χ3v) is 8.44. The number of likely N-dealkylation sites (tertiary alicyclic amines) is 1. The highest BCUT2D eigenvalue weighted by molar-refractivity contribution is 7.90. The minimum absolute atomic E-state index is 0.0825. The minimum Gasteiger partial charge on any atom is -0.465 e. The summed E-state index contributed by atoms with van der Waals surface area (Å²) in [6.07, 6.45) is 4.32. The molecule has 3 aromatic rings. The number of carbonyl (C=O) groups is 2. The lowest BCUT2D eigenvalue weighted by molar-refractivity contribution is -0.125. The van der Waals surface area contributed by atoms with E-state index in [1.165, 1.54) is 27.2 Å². The van der Waals surface area contributed by atoms with Crippen molar-refractivity contribution in [2.45, 2.75) is 43.2 Å². The average molecular weight is 469 g/mol. The van der Waals surface area contributed by atoms with Crippen molar-refractivity contribution in [3.8, 4) is 0 Å². The van der Waals surface area contributed by atoms with Crippen LogP contribution in [0.4, 0.5) is 4.79 Å². The van der Waals surface area contributed by atoms with Crippen LogP contribution in [0.2, 0.25) is 0 Å². The first-order valence-corrected chi connectivity index (χ1v) is 12.2. The number of hydrogen-bond acceptors (Lipinski definition) is 5. The molecule has 33 heavy (non-hydrogen) atoms. The molecule has 1 aromatic carbocycles. The van der Waals surface area contributed by atoms with Crippen LogP contribution in [0.25, 0.3) is 10.9 Å². The number of hydrogen-bond donors (Lipinski definition) is 2. The molecule has 1 aliphatic carbocycles. The number of amides is 2. The molecule has 10 heteroatoms. The highest BCUT2D eigenvalue weighted by atomic mass is 32.2. The first-order valence-electron chi connectivity index (χ1n) is 10.8. The van der Waals surface area contributed by atoms with Gasteiger partial charge in [-0.05, 0) is 55.9 Å². The summed E-state index contributed by atoms with van der Waals surface area (Å²) >= 11 is 0. The zero-order valence-corrected chi connectivity index (χ0v) is 18.8. The molecular formula is C23H24N4O5S. The summed E-state index contributed by atoms with van der Waals surface area (Å²) < 4.78 is 28.3. The normalized spacial score (nSPS) is 20.2. The van der Waals surface area contributed by atoms with Crippen molar-refractivity contribution in [3.63, 3.8) is 0 Å².